The summed E-state index contributed by atoms with van der Waals surface area (Å²) in [6.45, 7) is 8.83. The summed E-state index contributed by atoms with van der Waals surface area (Å²) in [7, 11) is 1.46. The van der Waals surface area contributed by atoms with Gasteiger partial charge in [-0.05, 0) is 13.8 Å². The van der Waals surface area contributed by atoms with Gasteiger partial charge in [0.15, 0.2) is 5.78 Å². The fourth-order valence-corrected chi connectivity index (χ4v) is 0.731. The van der Waals surface area contributed by atoms with Crippen LogP contribution in [0.5, 0.6) is 0 Å². The molecule has 88 valence electrons. The maximum Gasteiger partial charge on any atom is 0.252 e. The maximum absolute atomic E-state index is 11.5. The maximum atomic E-state index is 11.5. The molecule has 0 aliphatic carbocycles. The molecule has 0 aromatic carbocycles. The van der Waals surface area contributed by atoms with Crippen molar-refractivity contribution < 1.29 is 14.3 Å². The predicted octanol–water partition coefficient (Wildman–Crippen LogP) is 1.14. The number of Topliss-reactive ketones (excluding diaryl/α,β-unsaturated/α-hetero) is 1. The number of ketones is 1. The number of hydrogen-bond acceptors (Lipinski definition) is 3. The Hall–Kier alpha value is -0.900. The van der Waals surface area contributed by atoms with Gasteiger partial charge >= 0.3 is 0 Å². The molecule has 0 bridgehead atoms. The van der Waals surface area contributed by atoms with Crippen LogP contribution in [0.25, 0.3) is 0 Å². The number of rotatable bonds is 4. The molecule has 0 heterocycles. The predicted molar refractivity (Wildman–Crippen MR) is 58.6 cm³/mol. The Morgan fingerprint density at radius 1 is 1.13 bits per heavy atom. The number of methoxy groups -OCH3 is 1. The molecular weight excluding hydrogens is 194 g/mol. The minimum absolute atomic E-state index is 0.00255. The monoisotopic (exact) mass is 215 g/mol. The number of hydrogen-bond donors (Lipinski definition) is 1. The molecule has 0 atom stereocenters. The normalized spacial score (nSPS) is 12.4. The van der Waals surface area contributed by atoms with E-state index >= 15 is 0 Å². The molecule has 4 nitrogen and oxygen atoms in total. The SMILES string of the molecule is COC(C)(C)C(=O)NCC(=O)C(C)(C)C. The summed E-state index contributed by atoms with van der Waals surface area (Å²) >= 11 is 0. The Morgan fingerprint density at radius 3 is 1.93 bits per heavy atom. The second-order valence-corrected chi connectivity index (χ2v) is 5.07. The van der Waals surface area contributed by atoms with Gasteiger partial charge in [-0.3, -0.25) is 9.59 Å². The molecule has 4 heteroatoms. The number of carbonyl (C=O) groups excluding carboxylic acids is 2. The van der Waals surface area contributed by atoms with Gasteiger partial charge in [0.25, 0.3) is 5.91 Å². The minimum atomic E-state index is -0.891. The minimum Gasteiger partial charge on any atom is -0.369 e. The smallest absolute Gasteiger partial charge is 0.252 e. The van der Waals surface area contributed by atoms with Gasteiger partial charge in [-0.15, -0.1) is 0 Å². The number of amides is 1. The quantitative estimate of drug-likeness (QED) is 0.765. The first kappa shape index (κ1) is 14.1. The Balaban J connectivity index is 4.20. The van der Waals surface area contributed by atoms with Crippen LogP contribution in [0.3, 0.4) is 0 Å². The van der Waals surface area contributed by atoms with E-state index in [9.17, 15) is 9.59 Å². The molecule has 0 saturated heterocycles. The summed E-state index contributed by atoms with van der Waals surface area (Å²) in [5.41, 5.74) is -1.32. The molecule has 15 heavy (non-hydrogen) atoms. The lowest BCUT2D eigenvalue weighted by atomic mass is 9.91. The van der Waals surface area contributed by atoms with E-state index in [4.69, 9.17) is 4.74 Å². The van der Waals surface area contributed by atoms with Crippen LogP contribution < -0.4 is 5.32 Å². The number of carbonyl (C=O) groups is 2. The molecule has 0 radical (unpaired) electrons. The summed E-state index contributed by atoms with van der Waals surface area (Å²) in [6.07, 6.45) is 0. The topological polar surface area (TPSA) is 55.4 Å². The van der Waals surface area contributed by atoms with Crippen molar-refractivity contribution in [1.29, 1.82) is 0 Å². The van der Waals surface area contributed by atoms with E-state index in [1.165, 1.54) is 7.11 Å². The van der Waals surface area contributed by atoms with Crippen molar-refractivity contribution in [1.82, 2.24) is 5.32 Å². The summed E-state index contributed by atoms with van der Waals surface area (Å²) in [6, 6.07) is 0. The van der Waals surface area contributed by atoms with E-state index in [1.807, 2.05) is 20.8 Å². The zero-order valence-electron chi connectivity index (χ0n) is 10.4. The molecule has 0 rings (SSSR count). The highest BCUT2D eigenvalue weighted by molar-refractivity contribution is 5.91. The zero-order valence-corrected chi connectivity index (χ0v) is 10.4. The van der Waals surface area contributed by atoms with Crippen molar-refractivity contribution >= 4 is 11.7 Å². The third kappa shape index (κ3) is 4.42. The first-order chi connectivity index (χ1) is 6.61. The van der Waals surface area contributed by atoms with Gasteiger partial charge in [0, 0.05) is 12.5 Å². The molecular formula is C11H21NO3. The van der Waals surface area contributed by atoms with E-state index in [0.717, 1.165) is 0 Å². The fourth-order valence-electron chi connectivity index (χ4n) is 0.731. The molecule has 0 aliphatic rings. The Kier molecular flexibility index (Phi) is 4.46. The van der Waals surface area contributed by atoms with E-state index < -0.39 is 11.0 Å². The van der Waals surface area contributed by atoms with Gasteiger partial charge in [-0.2, -0.15) is 0 Å². The average Bonchev–Trinajstić information content (AvgIpc) is 2.11. The van der Waals surface area contributed by atoms with Gasteiger partial charge in [-0.25, -0.2) is 0 Å². The molecule has 0 saturated carbocycles. The fraction of sp³-hybridized carbons (Fsp3) is 0.818. The highest BCUT2D eigenvalue weighted by atomic mass is 16.5. The Labute approximate surface area is 91.4 Å². The van der Waals surface area contributed by atoms with Crippen LogP contribution in [0, 0.1) is 5.41 Å². The molecule has 0 aromatic heterocycles. The first-order valence-corrected chi connectivity index (χ1v) is 4.98. The summed E-state index contributed by atoms with van der Waals surface area (Å²) in [4.78, 5) is 23.1. The molecule has 0 unspecified atom stereocenters. The van der Waals surface area contributed by atoms with E-state index in [-0.39, 0.29) is 18.2 Å². The molecule has 0 fully saturated rings. The highest BCUT2D eigenvalue weighted by Gasteiger charge is 2.28. The van der Waals surface area contributed by atoms with Gasteiger partial charge in [0.05, 0.1) is 6.54 Å². The third-order valence-corrected chi connectivity index (χ3v) is 2.30. The first-order valence-electron chi connectivity index (χ1n) is 4.98. The van der Waals surface area contributed by atoms with Crippen molar-refractivity contribution in [2.24, 2.45) is 5.41 Å². The van der Waals surface area contributed by atoms with Crippen LogP contribution in [-0.4, -0.2) is 30.9 Å². The lowest BCUT2D eigenvalue weighted by molar-refractivity contribution is -0.141. The summed E-state index contributed by atoms with van der Waals surface area (Å²) in [5.74, 6) is -0.273. The van der Waals surface area contributed by atoms with Gasteiger partial charge in [-0.1, -0.05) is 20.8 Å². The Bertz CT molecular complexity index is 251. The van der Waals surface area contributed by atoms with Crippen molar-refractivity contribution in [3.05, 3.63) is 0 Å². The van der Waals surface area contributed by atoms with Crippen molar-refractivity contribution in [2.75, 3.05) is 13.7 Å². The van der Waals surface area contributed by atoms with Crippen LogP contribution in [0.2, 0.25) is 0 Å². The van der Waals surface area contributed by atoms with Crippen LogP contribution >= 0.6 is 0 Å². The van der Waals surface area contributed by atoms with Crippen LogP contribution in [-0.2, 0) is 14.3 Å². The van der Waals surface area contributed by atoms with Gasteiger partial charge < -0.3 is 10.1 Å². The second kappa shape index (κ2) is 4.75. The van der Waals surface area contributed by atoms with Crippen molar-refractivity contribution in [3.8, 4) is 0 Å². The molecule has 0 spiro atoms. The lowest BCUT2D eigenvalue weighted by Gasteiger charge is -2.23. The van der Waals surface area contributed by atoms with Gasteiger partial charge in [0.1, 0.15) is 5.60 Å². The average molecular weight is 215 g/mol. The number of ether oxygens (including phenoxy) is 1. The van der Waals surface area contributed by atoms with E-state index in [1.54, 1.807) is 13.8 Å². The third-order valence-electron chi connectivity index (χ3n) is 2.30. The second-order valence-electron chi connectivity index (χ2n) is 5.07. The van der Waals surface area contributed by atoms with Gasteiger partial charge in [0.2, 0.25) is 0 Å². The molecule has 1 amide bonds. The molecule has 0 aliphatic heterocycles. The number of nitrogens with one attached hydrogen (secondary N) is 1. The highest BCUT2D eigenvalue weighted by Crippen LogP contribution is 2.14. The van der Waals surface area contributed by atoms with Crippen LogP contribution in [0.4, 0.5) is 0 Å². The molecule has 0 aromatic rings. The lowest BCUT2D eigenvalue weighted by Crippen LogP contribution is -2.46. The Morgan fingerprint density at radius 2 is 1.60 bits per heavy atom. The molecule has 1 N–H and O–H groups in total. The standard InChI is InChI=1S/C11H21NO3/c1-10(2,3)8(13)7-12-9(14)11(4,5)15-6/h7H2,1-6H3,(H,12,14). The van der Waals surface area contributed by atoms with E-state index in [2.05, 4.69) is 5.32 Å². The zero-order chi connectivity index (χ0) is 12.3. The van der Waals surface area contributed by atoms with Crippen LogP contribution in [0.15, 0.2) is 0 Å². The summed E-state index contributed by atoms with van der Waals surface area (Å²) < 4.78 is 4.99. The van der Waals surface area contributed by atoms with Crippen molar-refractivity contribution in [2.45, 2.75) is 40.2 Å². The largest absolute Gasteiger partial charge is 0.369 e. The summed E-state index contributed by atoms with van der Waals surface area (Å²) in [5, 5.41) is 2.57. The van der Waals surface area contributed by atoms with Crippen LogP contribution in [0.1, 0.15) is 34.6 Å². The van der Waals surface area contributed by atoms with E-state index in [0.29, 0.717) is 0 Å². The van der Waals surface area contributed by atoms with Crippen molar-refractivity contribution in [3.63, 3.8) is 0 Å².